The van der Waals surface area contributed by atoms with Crippen LogP contribution in [0.5, 0.6) is 5.75 Å². The highest BCUT2D eigenvalue weighted by molar-refractivity contribution is 5.59. The molecule has 0 radical (unpaired) electrons. The average Bonchev–Trinajstić information content (AvgIpc) is 2.62. The van der Waals surface area contributed by atoms with E-state index in [4.69, 9.17) is 9.47 Å². The van der Waals surface area contributed by atoms with Gasteiger partial charge in [0.15, 0.2) is 0 Å². The van der Waals surface area contributed by atoms with Gasteiger partial charge in [-0.3, -0.25) is 4.98 Å². The Balaban J connectivity index is 1.77. The fourth-order valence-corrected chi connectivity index (χ4v) is 2.38. The molecule has 0 fully saturated rings. The number of aromatic nitrogens is 2. The molecule has 1 aromatic heterocycles. The van der Waals surface area contributed by atoms with Crippen molar-refractivity contribution in [2.75, 3.05) is 31.7 Å². The summed E-state index contributed by atoms with van der Waals surface area (Å²) in [6.45, 7) is 16.1. The van der Waals surface area contributed by atoms with Crippen LogP contribution in [-0.2, 0) is 4.74 Å². The van der Waals surface area contributed by atoms with E-state index < -0.39 is 0 Å². The van der Waals surface area contributed by atoms with Gasteiger partial charge in [0.2, 0.25) is 0 Å². The van der Waals surface area contributed by atoms with Gasteiger partial charge in [-0.25, -0.2) is 4.98 Å². The van der Waals surface area contributed by atoms with Gasteiger partial charge in [0.05, 0.1) is 31.3 Å². The number of benzene rings is 1. The summed E-state index contributed by atoms with van der Waals surface area (Å²) < 4.78 is 11.4. The van der Waals surface area contributed by atoms with Crippen molar-refractivity contribution >= 4 is 5.82 Å². The predicted octanol–water partition coefficient (Wildman–Crippen LogP) is 5.43. The van der Waals surface area contributed by atoms with Gasteiger partial charge in [-0.2, -0.15) is 0 Å². The lowest BCUT2D eigenvalue weighted by Crippen LogP contribution is -2.19. The number of nitrogens with zero attached hydrogens (tertiary/aromatic N) is 2. The van der Waals surface area contributed by atoms with Crippen LogP contribution < -0.4 is 10.1 Å². The zero-order valence-corrected chi connectivity index (χ0v) is 18.2. The number of ether oxygens (including phenoxy) is 2. The molecule has 5 heteroatoms. The lowest BCUT2D eigenvalue weighted by atomic mass is 9.97. The Morgan fingerprint density at radius 1 is 0.857 bits per heavy atom. The van der Waals surface area contributed by atoms with E-state index in [1.54, 1.807) is 12.4 Å². The van der Waals surface area contributed by atoms with Gasteiger partial charge in [0, 0.05) is 25.1 Å². The molecule has 154 valence electrons. The third-order valence-electron chi connectivity index (χ3n) is 3.84. The third-order valence-corrected chi connectivity index (χ3v) is 3.84. The van der Waals surface area contributed by atoms with E-state index in [1.165, 1.54) is 0 Å². The van der Waals surface area contributed by atoms with Gasteiger partial charge in [-0.1, -0.05) is 41.5 Å². The van der Waals surface area contributed by atoms with Crippen molar-refractivity contribution in [3.8, 4) is 17.0 Å². The highest BCUT2D eigenvalue weighted by Crippen LogP contribution is 2.21. The maximum Gasteiger partial charge on any atom is 0.144 e. The molecular weight excluding hydrogens is 350 g/mol. The number of rotatable bonds is 9. The van der Waals surface area contributed by atoms with Crippen LogP contribution in [0, 0.1) is 10.8 Å². The molecule has 0 saturated carbocycles. The lowest BCUT2D eigenvalue weighted by Gasteiger charge is -2.18. The lowest BCUT2D eigenvalue weighted by molar-refractivity contribution is 0.0634. The Morgan fingerprint density at radius 2 is 1.57 bits per heavy atom. The topological polar surface area (TPSA) is 56.3 Å². The molecule has 1 aromatic carbocycles. The number of hydrogen-bond donors (Lipinski definition) is 1. The number of nitrogens with one attached hydrogen (secondary N) is 1. The zero-order chi connectivity index (χ0) is 20.6. The van der Waals surface area contributed by atoms with Crippen LogP contribution in [0.15, 0.2) is 36.7 Å². The van der Waals surface area contributed by atoms with E-state index in [0.29, 0.717) is 6.61 Å². The van der Waals surface area contributed by atoms with Crippen LogP contribution in [0.4, 0.5) is 5.82 Å². The first-order valence-corrected chi connectivity index (χ1v) is 9.99. The zero-order valence-electron chi connectivity index (χ0n) is 18.2. The van der Waals surface area contributed by atoms with E-state index in [0.717, 1.165) is 49.0 Å². The van der Waals surface area contributed by atoms with E-state index in [2.05, 4.69) is 56.8 Å². The van der Waals surface area contributed by atoms with Gasteiger partial charge < -0.3 is 14.8 Å². The molecular formula is C23H35N3O2. The summed E-state index contributed by atoms with van der Waals surface area (Å²) in [6.07, 6.45) is 4.46. The van der Waals surface area contributed by atoms with Crippen molar-refractivity contribution in [3.63, 3.8) is 0 Å². The number of hydrogen-bond acceptors (Lipinski definition) is 5. The second kappa shape index (κ2) is 9.87. The fourth-order valence-electron chi connectivity index (χ4n) is 2.38. The van der Waals surface area contributed by atoms with Crippen molar-refractivity contribution in [2.24, 2.45) is 10.8 Å². The molecule has 0 aliphatic rings. The van der Waals surface area contributed by atoms with E-state index >= 15 is 0 Å². The van der Waals surface area contributed by atoms with Gasteiger partial charge in [-0.05, 0) is 35.1 Å². The monoisotopic (exact) mass is 385 g/mol. The molecule has 2 rings (SSSR count). The molecule has 0 aliphatic heterocycles. The van der Waals surface area contributed by atoms with Gasteiger partial charge in [0.25, 0.3) is 0 Å². The van der Waals surface area contributed by atoms with Crippen LogP contribution in [0.3, 0.4) is 0 Å². The van der Waals surface area contributed by atoms with Gasteiger partial charge in [0.1, 0.15) is 11.6 Å². The third kappa shape index (κ3) is 8.70. The first-order chi connectivity index (χ1) is 13.1. The second-order valence-corrected chi connectivity index (χ2v) is 9.54. The van der Waals surface area contributed by atoms with Crippen LogP contribution in [0.25, 0.3) is 11.3 Å². The highest BCUT2D eigenvalue weighted by Gasteiger charge is 2.10. The summed E-state index contributed by atoms with van der Waals surface area (Å²) in [7, 11) is 0. The standard InChI is InChI=1S/C23H35N3O2/c1-22(2,3)16-26-21-15-24-20(14-25-21)18-8-10-19(11-9-18)28-13-7-12-27-17-23(4,5)6/h8-11,14-15H,7,12-13,16-17H2,1-6H3,(H,25,26). The van der Waals surface area contributed by atoms with Crippen molar-refractivity contribution in [3.05, 3.63) is 36.7 Å². The molecule has 0 amide bonds. The highest BCUT2D eigenvalue weighted by atomic mass is 16.5. The van der Waals surface area contributed by atoms with Crippen LogP contribution >= 0.6 is 0 Å². The number of anilines is 1. The Morgan fingerprint density at radius 3 is 2.14 bits per heavy atom. The van der Waals surface area contributed by atoms with Crippen molar-refractivity contribution < 1.29 is 9.47 Å². The van der Waals surface area contributed by atoms with Gasteiger partial charge in [-0.15, -0.1) is 0 Å². The molecule has 1 N–H and O–H groups in total. The van der Waals surface area contributed by atoms with E-state index in [1.807, 2.05) is 24.3 Å². The fraction of sp³-hybridized carbons (Fsp3) is 0.565. The summed E-state index contributed by atoms with van der Waals surface area (Å²) in [5, 5.41) is 3.31. The molecule has 2 aromatic rings. The summed E-state index contributed by atoms with van der Waals surface area (Å²) in [4.78, 5) is 8.97. The normalized spacial score (nSPS) is 12.1. The van der Waals surface area contributed by atoms with Crippen LogP contribution in [0.1, 0.15) is 48.0 Å². The summed E-state index contributed by atoms with van der Waals surface area (Å²) in [5.41, 5.74) is 2.29. The molecule has 0 aliphatic carbocycles. The van der Waals surface area contributed by atoms with Crippen molar-refractivity contribution in [1.29, 1.82) is 0 Å². The molecule has 1 heterocycles. The Labute approximate surface area is 169 Å². The quantitative estimate of drug-likeness (QED) is 0.583. The SMILES string of the molecule is CC(C)(C)CNc1cnc(-c2ccc(OCCCOCC(C)(C)C)cc2)cn1. The Hall–Kier alpha value is -2.14. The molecule has 0 bridgehead atoms. The van der Waals surface area contributed by atoms with Crippen molar-refractivity contribution in [1.82, 2.24) is 9.97 Å². The molecule has 0 atom stereocenters. The average molecular weight is 386 g/mol. The first kappa shape index (κ1) is 22.2. The van der Waals surface area contributed by atoms with Crippen molar-refractivity contribution in [2.45, 2.75) is 48.0 Å². The smallest absolute Gasteiger partial charge is 0.144 e. The summed E-state index contributed by atoms with van der Waals surface area (Å²) >= 11 is 0. The van der Waals surface area contributed by atoms with Crippen LogP contribution in [0.2, 0.25) is 0 Å². The maximum absolute atomic E-state index is 5.79. The summed E-state index contributed by atoms with van der Waals surface area (Å²) in [6, 6.07) is 7.97. The minimum atomic E-state index is 0.203. The Bertz CT molecular complexity index is 699. The van der Waals surface area contributed by atoms with Gasteiger partial charge >= 0.3 is 0 Å². The maximum atomic E-state index is 5.79. The largest absolute Gasteiger partial charge is 0.494 e. The Kier molecular flexibility index (Phi) is 7.81. The summed E-state index contributed by atoms with van der Waals surface area (Å²) in [5.74, 6) is 1.66. The predicted molar refractivity (Wildman–Crippen MR) is 116 cm³/mol. The molecule has 0 unspecified atom stereocenters. The minimum absolute atomic E-state index is 0.203. The van der Waals surface area contributed by atoms with E-state index in [9.17, 15) is 0 Å². The molecule has 28 heavy (non-hydrogen) atoms. The second-order valence-electron chi connectivity index (χ2n) is 9.54. The molecule has 0 saturated heterocycles. The van der Waals surface area contributed by atoms with E-state index in [-0.39, 0.29) is 10.8 Å². The molecule has 0 spiro atoms. The van der Waals surface area contributed by atoms with Crippen LogP contribution in [-0.4, -0.2) is 36.3 Å². The minimum Gasteiger partial charge on any atom is -0.494 e. The molecule has 5 nitrogen and oxygen atoms in total. The first-order valence-electron chi connectivity index (χ1n) is 9.99.